The molecule has 0 aliphatic rings. The molecule has 0 aromatic carbocycles. The number of aromatic nitrogens is 1. The molecular weight excluding hydrogens is 204 g/mol. The van der Waals surface area contributed by atoms with Crippen LogP contribution in [-0.4, -0.2) is 31.9 Å². The van der Waals surface area contributed by atoms with Crippen LogP contribution in [-0.2, 0) is 15.9 Å². The molecule has 0 amide bonds. The molecule has 0 aliphatic heterocycles. The van der Waals surface area contributed by atoms with Crippen molar-refractivity contribution in [2.24, 2.45) is 0 Å². The fourth-order valence-corrected chi connectivity index (χ4v) is 1.45. The van der Waals surface area contributed by atoms with Gasteiger partial charge in [-0.25, -0.2) is 4.98 Å². The Labute approximate surface area is 96.8 Å². The van der Waals surface area contributed by atoms with Crippen LogP contribution >= 0.6 is 0 Å². The van der Waals surface area contributed by atoms with Crippen molar-refractivity contribution in [2.45, 2.75) is 19.8 Å². The topological polar surface area (TPSA) is 57.4 Å². The Morgan fingerprint density at radius 3 is 2.88 bits per heavy atom. The van der Waals surface area contributed by atoms with E-state index in [1.54, 1.807) is 13.3 Å². The molecule has 0 bridgehead atoms. The van der Waals surface area contributed by atoms with Gasteiger partial charge in [0.15, 0.2) is 0 Å². The summed E-state index contributed by atoms with van der Waals surface area (Å²) < 4.78 is 10.3. The van der Waals surface area contributed by atoms with Gasteiger partial charge in [-0.1, -0.05) is 6.07 Å². The van der Waals surface area contributed by atoms with E-state index in [0.29, 0.717) is 19.0 Å². The Hall–Kier alpha value is -1.13. The van der Waals surface area contributed by atoms with E-state index in [1.807, 2.05) is 6.92 Å². The maximum Gasteiger partial charge on any atom is 0.126 e. The molecule has 0 saturated carbocycles. The number of nitrogens with two attached hydrogens (primary N) is 1. The molecule has 0 spiro atoms. The van der Waals surface area contributed by atoms with Gasteiger partial charge in [0, 0.05) is 19.9 Å². The standard InChI is InChI=1S/C12H20N2O2/c1-10-8-11(12(13)14-9-10)4-3-5-16-7-6-15-2/h8-9H,3-7H2,1-2H3,(H2,13,14). The van der Waals surface area contributed by atoms with Crippen LogP contribution in [0.25, 0.3) is 0 Å². The third-order valence-corrected chi connectivity index (χ3v) is 2.30. The first kappa shape index (κ1) is 12.9. The molecule has 16 heavy (non-hydrogen) atoms. The fraction of sp³-hybridized carbons (Fsp3) is 0.583. The predicted molar refractivity (Wildman–Crippen MR) is 64.4 cm³/mol. The van der Waals surface area contributed by atoms with Crippen LogP contribution in [0.5, 0.6) is 0 Å². The number of anilines is 1. The van der Waals surface area contributed by atoms with Gasteiger partial charge >= 0.3 is 0 Å². The number of ether oxygens (including phenoxy) is 2. The second-order valence-corrected chi connectivity index (χ2v) is 3.77. The zero-order valence-corrected chi connectivity index (χ0v) is 10.0. The van der Waals surface area contributed by atoms with Crippen LogP contribution in [0.15, 0.2) is 12.3 Å². The lowest BCUT2D eigenvalue weighted by Crippen LogP contribution is -2.05. The van der Waals surface area contributed by atoms with Crippen LogP contribution < -0.4 is 5.73 Å². The first-order chi connectivity index (χ1) is 7.74. The van der Waals surface area contributed by atoms with Gasteiger partial charge in [-0.15, -0.1) is 0 Å². The number of nitrogens with zero attached hydrogens (tertiary/aromatic N) is 1. The van der Waals surface area contributed by atoms with Gasteiger partial charge < -0.3 is 15.2 Å². The van der Waals surface area contributed by atoms with Crippen LogP contribution in [0.1, 0.15) is 17.5 Å². The van der Waals surface area contributed by atoms with Crippen molar-refractivity contribution in [3.63, 3.8) is 0 Å². The molecule has 0 fully saturated rings. The largest absolute Gasteiger partial charge is 0.383 e. The highest BCUT2D eigenvalue weighted by Crippen LogP contribution is 2.12. The number of aryl methyl sites for hydroxylation is 2. The average Bonchev–Trinajstić information content (AvgIpc) is 2.28. The summed E-state index contributed by atoms with van der Waals surface area (Å²) >= 11 is 0. The van der Waals surface area contributed by atoms with Gasteiger partial charge in [-0.3, -0.25) is 0 Å². The Morgan fingerprint density at radius 1 is 1.31 bits per heavy atom. The van der Waals surface area contributed by atoms with Gasteiger partial charge in [0.1, 0.15) is 5.82 Å². The maximum atomic E-state index is 5.78. The molecule has 1 heterocycles. The quantitative estimate of drug-likeness (QED) is 0.714. The minimum absolute atomic E-state index is 0.627. The van der Waals surface area contributed by atoms with Crippen molar-refractivity contribution >= 4 is 5.82 Å². The Balaban J connectivity index is 2.23. The van der Waals surface area contributed by atoms with Crippen LogP contribution in [0.3, 0.4) is 0 Å². The Morgan fingerprint density at radius 2 is 2.12 bits per heavy atom. The van der Waals surface area contributed by atoms with Crippen molar-refractivity contribution in [3.8, 4) is 0 Å². The van der Waals surface area contributed by atoms with Crippen molar-refractivity contribution < 1.29 is 9.47 Å². The zero-order chi connectivity index (χ0) is 11.8. The van der Waals surface area contributed by atoms with E-state index in [9.17, 15) is 0 Å². The number of methoxy groups -OCH3 is 1. The number of rotatable bonds is 7. The van der Waals surface area contributed by atoms with E-state index < -0.39 is 0 Å². The minimum atomic E-state index is 0.627. The smallest absolute Gasteiger partial charge is 0.126 e. The Kier molecular flexibility index (Phi) is 5.82. The van der Waals surface area contributed by atoms with E-state index >= 15 is 0 Å². The number of hydrogen-bond acceptors (Lipinski definition) is 4. The molecule has 0 radical (unpaired) electrons. The number of hydrogen-bond donors (Lipinski definition) is 1. The normalized spacial score (nSPS) is 10.6. The average molecular weight is 224 g/mol. The van der Waals surface area contributed by atoms with Crippen molar-refractivity contribution in [1.82, 2.24) is 4.98 Å². The molecule has 4 nitrogen and oxygen atoms in total. The summed E-state index contributed by atoms with van der Waals surface area (Å²) in [7, 11) is 1.67. The van der Waals surface area contributed by atoms with Gasteiger partial charge in [-0.05, 0) is 30.9 Å². The summed E-state index contributed by atoms with van der Waals surface area (Å²) in [6.45, 7) is 4.05. The van der Waals surface area contributed by atoms with Gasteiger partial charge in [-0.2, -0.15) is 0 Å². The van der Waals surface area contributed by atoms with Gasteiger partial charge in [0.25, 0.3) is 0 Å². The SMILES string of the molecule is COCCOCCCc1cc(C)cnc1N. The monoisotopic (exact) mass is 224 g/mol. The molecule has 0 aliphatic carbocycles. The molecule has 0 unspecified atom stereocenters. The lowest BCUT2D eigenvalue weighted by molar-refractivity contribution is 0.0695. The van der Waals surface area contributed by atoms with Crippen LogP contribution in [0, 0.1) is 6.92 Å². The fourth-order valence-electron chi connectivity index (χ4n) is 1.45. The van der Waals surface area contributed by atoms with Crippen molar-refractivity contribution in [1.29, 1.82) is 0 Å². The van der Waals surface area contributed by atoms with Crippen LogP contribution in [0.2, 0.25) is 0 Å². The van der Waals surface area contributed by atoms with E-state index in [2.05, 4.69) is 11.1 Å². The summed E-state index contributed by atoms with van der Waals surface area (Å²) in [4.78, 5) is 4.12. The molecule has 1 aromatic heterocycles. The first-order valence-electron chi connectivity index (χ1n) is 5.51. The van der Waals surface area contributed by atoms with E-state index in [1.165, 1.54) is 0 Å². The van der Waals surface area contributed by atoms with E-state index in [-0.39, 0.29) is 0 Å². The third kappa shape index (κ3) is 4.59. The molecule has 0 saturated heterocycles. The van der Waals surface area contributed by atoms with Crippen molar-refractivity contribution in [2.75, 3.05) is 32.7 Å². The summed E-state index contributed by atoms with van der Waals surface area (Å²) in [5, 5.41) is 0. The second-order valence-electron chi connectivity index (χ2n) is 3.77. The van der Waals surface area contributed by atoms with Gasteiger partial charge in [0.2, 0.25) is 0 Å². The summed E-state index contributed by atoms with van der Waals surface area (Å²) in [5.41, 5.74) is 8.03. The molecule has 2 N–H and O–H groups in total. The van der Waals surface area contributed by atoms with E-state index in [4.69, 9.17) is 15.2 Å². The predicted octanol–water partition coefficient (Wildman–Crippen LogP) is 1.57. The molecule has 0 atom stereocenters. The molecule has 90 valence electrons. The highest BCUT2D eigenvalue weighted by atomic mass is 16.5. The van der Waals surface area contributed by atoms with Crippen LogP contribution in [0.4, 0.5) is 5.82 Å². The lowest BCUT2D eigenvalue weighted by Gasteiger charge is -2.06. The molecule has 1 aromatic rings. The zero-order valence-electron chi connectivity index (χ0n) is 10.0. The molecule has 1 rings (SSSR count). The van der Waals surface area contributed by atoms with E-state index in [0.717, 1.165) is 30.6 Å². The number of nitrogen functional groups attached to an aromatic ring is 1. The number of pyridine rings is 1. The third-order valence-electron chi connectivity index (χ3n) is 2.30. The minimum Gasteiger partial charge on any atom is -0.383 e. The summed E-state index contributed by atoms with van der Waals surface area (Å²) in [6, 6.07) is 2.08. The Bertz CT molecular complexity index is 316. The molecule has 4 heteroatoms. The second kappa shape index (κ2) is 7.19. The molecular formula is C12H20N2O2. The van der Waals surface area contributed by atoms with Crippen molar-refractivity contribution in [3.05, 3.63) is 23.4 Å². The summed E-state index contributed by atoms with van der Waals surface area (Å²) in [5.74, 6) is 0.627. The summed E-state index contributed by atoms with van der Waals surface area (Å²) in [6.07, 6.45) is 3.65. The first-order valence-corrected chi connectivity index (χ1v) is 5.51. The lowest BCUT2D eigenvalue weighted by atomic mass is 10.1. The highest BCUT2D eigenvalue weighted by Gasteiger charge is 2.00. The maximum absolute atomic E-state index is 5.78. The van der Waals surface area contributed by atoms with Gasteiger partial charge in [0.05, 0.1) is 13.2 Å². The highest BCUT2D eigenvalue weighted by molar-refractivity contribution is 5.40.